The molecule has 19 heavy (non-hydrogen) atoms. The van der Waals surface area contributed by atoms with Crippen LogP contribution in [-0.4, -0.2) is 57.9 Å². The Hall–Kier alpha value is -1.96. The quantitative estimate of drug-likeness (QED) is 0.757. The molecule has 0 saturated carbocycles. The molecule has 0 bridgehead atoms. The number of methoxy groups -OCH3 is 1. The van der Waals surface area contributed by atoms with Crippen molar-refractivity contribution in [2.45, 2.75) is 19.4 Å². The maximum Gasteiger partial charge on any atom is 0.244 e. The zero-order chi connectivity index (χ0) is 13.8. The molecule has 0 aliphatic carbocycles. The van der Waals surface area contributed by atoms with Gasteiger partial charge < -0.3 is 9.64 Å². The molecule has 0 spiro atoms. The molecule has 8 heteroatoms. The van der Waals surface area contributed by atoms with Crippen LogP contribution in [0, 0.1) is 5.92 Å². The van der Waals surface area contributed by atoms with Crippen molar-refractivity contribution in [1.82, 2.24) is 19.8 Å². The van der Waals surface area contributed by atoms with Crippen LogP contribution in [0.4, 0.5) is 0 Å². The minimum Gasteiger partial charge on any atom is -0.383 e. The summed E-state index contributed by atoms with van der Waals surface area (Å²) in [7, 11) is 1.59. The average Bonchev–Trinajstić information content (AvgIpc) is 2.98. The van der Waals surface area contributed by atoms with Gasteiger partial charge >= 0.3 is 0 Å². The van der Waals surface area contributed by atoms with E-state index in [1.807, 2.05) is 6.92 Å². The fraction of sp³-hybridized carbons (Fsp3) is 0.636. The van der Waals surface area contributed by atoms with Crippen molar-refractivity contribution in [3.05, 3.63) is 12.7 Å². The molecule has 1 N–H and O–H groups in total. The first-order valence-electron chi connectivity index (χ1n) is 6.05. The van der Waals surface area contributed by atoms with Crippen LogP contribution >= 0.6 is 0 Å². The van der Waals surface area contributed by atoms with E-state index >= 15 is 0 Å². The van der Waals surface area contributed by atoms with E-state index in [-0.39, 0.29) is 30.2 Å². The molecule has 1 aromatic heterocycles. The van der Waals surface area contributed by atoms with Gasteiger partial charge in [-0.05, 0) is 6.92 Å². The van der Waals surface area contributed by atoms with Gasteiger partial charge in [-0.15, -0.1) is 10.2 Å². The summed E-state index contributed by atoms with van der Waals surface area (Å²) in [5, 5.41) is 7.18. The highest BCUT2D eigenvalue weighted by molar-refractivity contribution is 5.93. The molecule has 1 aliphatic heterocycles. The van der Waals surface area contributed by atoms with E-state index in [1.54, 1.807) is 12.0 Å². The number of aromatic nitrogens is 3. The third-order valence-electron chi connectivity index (χ3n) is 3.13. The second-order valence-electron chi connectivity index (χ2n) is 4.60. The second kappa shape index (κ2) is 5.79. The van der Waals surface area contributed by atoms with Gasteiger partial charge in [-0.1, -0.05) is 0 Å². The fourth-order valence-corrected chi connectivity index (χ4v) is 2.14. The third kappa shape index (κ3) is 3.08. The molecule has 104 valence electrons. The Morgan fingerprint density at radius 3 is 2.89 bits per heavy atom. The Labute approximate surface area is 110 Å². The predicted octanol–water partition coefficient (Wildman–Crippen LogP) is -0.768. The zero-order valence-electron chi connectivity index (χ0n) is 10.9. The smallest absolute Gasteiger partial charge is 0.244 e. The van der Waals surface area contributed by atoms with E-state index in [2.05, 4.69) is 15.6 Å². The summed E-state index contributed by atoms with van der Waals surface area (Å²) >= 11 is 0. The van der Waals surface area contributed by atoms with Crippen molar-refractivity contribution in [3.8, 4) is 0 Å². The lowest BCUT2D eigenvalue weighted by molar-refractivity contribution is -0.130. The van der Waals surface area contributed by atoms with Gasteiger partial charge in [-0.25, -0.2) is 4.68 Å². The van der Waals surface area contributed by atoms with Crippen molar-refractivity contribution >= 4 is 11.8 Å². The highest BCUT2D eigenvalue weighted by atomic mass is 16.5. The largest absolute Gasteiger partial charge is 0.383 e. The van der Waals surface area contributed by atoms with Crippen molar-refractivity contribution in [2.24, 2.45) is 5.92 Å². The van der Waals surface area contributed by atoms with Crippen LogP contribution in [0.1, 0.15) is 13.3 Å². The van der Waals surface area contributed by atoms with Crippen LogP contribution in [0.5, 0.6) is 0 Å². The average molecular weight is 267 g/mol. The highest BCUT2D eigenvalue weighted by Gasteiger charge is 2.36. The van der Waals surface area contributed by atoms with Gasteiger partial charge in [0.2, 0.25) is 11.8 Å². The van der Waals surface area contributed by atoms with Gasteiger partial charge in [-0.3, -0.25) is 15.0 Å². The van der Waals surface area contributed by atoms with Gasteiger partial charge in [0.15, 0.2) is 0 Å². The molecule has 2 atom stereocenters. The van der Waals surface area contributed by atoms with E-state index in [0.29, 0.717) is 13.2 Å². The molecule has 1 fully saturated rings. The standard InChI is InChI=1S/C11H17N5O3/c1-8(5-19-2)16-4-9(3-10(16)17)11(18)14-15-6-12-13-7-15/h6-9H,3-5H2,1-2H3,(H,14,18)/t8-,9+/m1/s1. The Morgan fingerprint density at radius 1 is 1.58 bits per heavy atom. The summed E-state index contributed by atoms with van der Waals surface area (Å²) < 4.78 is 6.40. The Bertz CT molecular complexity index is 447. The minimum atomic E-state index is -0.353. The molecular formula is C11H17N5O3. The molecule has 1 aromatic rings. The summed E-state index contributed by atoms with van der Waals surface area (Å²) in [4.78, 5) is 25.5. The SMILES string of the molecule is COC[C@@H](C)N1C[C@@H](C(=O)Nn2cnnc2)CC1=O. The lowest BCUT2D eigenvalue weighted by Crippen LogP contribution is -2.38. The van der Waals surface area contributed by atoms with E-state index < -0.39 is 0 Å². The normalized spacial score (nSPS) is 20.6. The molecule has 2 heterocycles. The van der Waals surface area contributed by atoms with Gasteiger partial charge in [-0.2, -0.15) is 0 Å². The molecule has 0 radical (unpaired) electrons. The Balaban J connectivity index is 1.93. The third-order valence-corrected chi connectivity index (χ3v) is 3.13. The van der Waals surface area contributed by atoms with Crippen LogP contribution in [-0.2, 0) is 14.3 Å². The zero-order valence-corrected chi connectivity index (χ0v) is 10.9. The first-order valence-corrected chi connectivity index (χ1v) is 6.05. The van der Waals surface area contributed by atoms with Gasteiger partial charge in [0.05, 0.1) is 18.6 Å². The molecule has 0 unspecified atom stereocenters. The summed E-state index contributed by atoms with van der Waals surface area (Å²) in [5.74, 6) is -0.581. The molecule has 0 aromatic carbocycles. The van der Waals surface area contributed by atoms with Gasteiger partial charge in [0, 0.05) is 20.1 Å². The second-order valence-corrected chi connectivity index (χ2v) is 4.60. The number of nitrogens with one attached hydrogen (secondary N) is 1. The first kappa shape index (κ1) is 13.5. The van der Waals surface area contributed by atoms with E-state index in [4.69, 9.17) is 4.74 Å². The van der Waals surface area contributed by atoms with Crippen LogP contribution < -0.4 is 5.43 Å². The maximum absolute atomic E-state index is 12.0. The molecule has 2 amide bonds. The fourth-order valence-electron chi connectivity index (χ4n) is 2.14. The maximum atomic E-state index is 12.0. The van der Waals surface area contributed by atoms with E-state index in [0.717, 1.165) is 0 Å². The van der Waals surface area contributed by atoms with Gasteiger partial charge in [0.1, 0.15) is 12.7 Å². The van der Waals surface area contributed by atoms with Crippen LogP contribution in [0.25, 0.3) is 0 Å². The summed E-state index contributed by atoms with van der Waals surface area (Å²) in [6, 6.07) is -0.0230. The molecular weight excluding hydrogens is 250 g/mol. The highest BCUT2D eigenvalue weighted by Crippen LogP contribution is 2.20. The lowest BCUT2D eigenvalue weighted by Gasteiger charge is -2.23. The number of hydrogen-bond donors (Lipinski definition) is 1. The monoisotopic (exact) mass is 267 g/mol. The molecule has 1 saturated heterocycles. The number of carbonyl (C=O) groups excluding carboxylic acids is 2. The summed E-state index contributed by atoms with van der Waals surface area (Å²) in [6.07, 6.45) is 3.00. The van der Waals surface area contributed by atoms with Crippen LogP contribution in [0.3, 0.4) is 0 Å². The number of carbonyl (C=O) groups is 2. The lowest BCUT2D eigenvalue weighted by atomic mass is 10.1. The topological polar surface area (TPSA) is 89.3 Å². The predicted molar refractivity (Wildman–Crippen MR) is 65.5 cm³/mol. The summed E-state index contributed by atoms with van der Waals surface area (Å²) in [6.45, 7) is 2.78. The number of hydrogen-bond acceptors (Lipinski definition) is 5. The number of amides is 2. The van der Waals surface area contributed by atoms with Crippen molar-refractivity contribution in [3.63, 3.8) is 0 Å². The number of nitrogens with zero attached hydrogens (tertiary/aromatic N) is 4. The molecule has 2 rings (SSSR count). The molecule has 8 nitrogen and oxygen atoms in total. The van der Waals surface area contributed by atoms with Crippen molar-refractivity contribution < 1.29 is 14.3 Å². The summed E-state index contributed by atoms with van der Waals surface area (Å²) in [5.41, 5.74) is 2.62. The van der Waals surface area contributed by atoms with Crippen molar-refractivity contribution in [1.29, 1.82) is 0 Å². The molecule has 1 aliphatic rings. The van der Waals surface area contributed by atoms with Crippen LogP contribution in [0.15, 0.2) is 12.7 Å². The Morgan fingerprint density at radius 2 is 2.26 bits per heavy atom. The van der Waals surface area contributed by atoms with Crippen LogP contribution in [0.2, 0.25) is 0 Å². The minimum absolute atomic E-state index is 0.0199. The van der Waals surface area contributed by atoms with E-state index in [9.17, 15) is 9.59 Å². The number of rotatable bonds is 5. The van der Waals surface area contributed by atoms with Crippen molar-refractivity contribution in [2.75, 3.05) is 25.7 Å². The number of likely N-dealkylation sites (tertiary alicyclic amines) is 1. The Kier molecular flexibility index (Phi) is 4.10. The van der Waals surface area contributed by atoms with E-state index in [1.165, 1.54) is 17.3 Å². The first-order chi connectivity index (χ1) is 9.11. The van der Waals surface area contributed by atoms with Gasteiger partial charge in [0.25, 0.3) is 0 Å². The number of ether oxygens (including phenoxy) is 1.